The number of carbonyl (C=O) groups excluding carboxylic acids is 1. The van der Waals surface area contributed by atoms with Gasteiger partial charge in [0.25, 0.3) is 5.91 Å². The molecule has 2 saturated heterocycles. The summed E-state index contributed by atoms with van der Waals surface area (Å²) in [6.45, 7) is 3.39. The Labute approximate surface area is 160 Å². The number of para-hydroxylation sites is 1. The van der Waals surface area contributed by atoms with Crippen LogP contribution in [0, 0.1) is 5.92 Å². The van der Waals surface area contributed by atoms with Gasteiger partial charge < -0.3 is 19.7 Å². The molecule has 9 heteroatoms. The van der Waals surface area contributed by atoms with Crippen molar-refractivity contribution in [1.29, 1.82) is 0 Å². The molecule has 27 heavy (non-hydrogen) atoms. The number of hydrogen-bond acceptors (Lipinski definition) is 6. The summed E-state index contributed by atoms with van der Waals surface area (Å²) in [5.41, 5.74) is 1.45. The van der Waals surface area contributed by atoms with Crippen LogP contribution in [0.25, 0.3) is 0 Å². The molecule has 2 atom stereocenters. The van der Waals surface area contributed by atoms with Gasteiger partial charge in [0.05, 0.1) is 43.8 Å². The number of ether oxygens (including phenoxy) is 2. The molecular weight excluding hydrogens is 370 g/mol. The Kier molecular flexibility index (Phi) is 6.36. The number of amides is 1. The summed E-state index contributed by atoms with van der Waals surface area (Å²) in [4.78, 5) is 15.1. The maximum absolute atomic E-state index is 12.9. The molecule has 150 valence electrons. The molecule has 1 amide bonds. The van der Waals surface area contributed by atoms with E-state index in [0.717, 1.165) is 18.8 Å². The molecule has 2 aliphatic rings. The monoisotopic (exact) mass is 397 g/mol. The van der Waals surface area contributed by atoms with Gasteiger partial charge in [0.2, 0.25) is 10.0 Å². The molecule has 0 radical (unpaired) electrons. The Bertz CT molecular complexity index is 762. The zero-order valence-corrected chi connectivity index (χ0v) is 16.6. The first-order valence-electron chi connectivity index (χ1n) is 9.09. The van der Waals surface area contributed by atoms with Crippen molar-refractivity contribution in [1.82, 2.24) is 9.62 Å². The van der Waals surface area contributed by atoms with E-state index in [-0.39, 0.29) is 23.6 Å². The molecule has 0 bridgehead atoms. The number of nitrogens with zero attached hydrogens (tertiary/aromatic N) is 2. The minimum atomic E-state index is -3.36. The summed E-state index contributed by atoms with van der Waals surface area (Å²) in [6, 6.07) is 7.14. The molecule has 0 spiro atoms. The van der Waals surface area contributed by atoms with Crippen molar-refractivity contribution in [2.24, 2.45) is 5.92 Å². The van der Waals surface area contributed by atoms with Gasteiger partial charge in [-0.25, -0.2) is 12.7 Å². The van der Waals surface area contributed by atoms with E-state index in [2.05, 4.69) is 10.2 Å². The molecule has 2 heterocycles. The highest BCUT2D eigenvalue weighted by Crippen LogP contribution is 2.23. The predicted molar refractivity (Wildman–Crippen MR) is 103 cm³/mol. The van der Waals surface area contributed by atoms with Gasteiger partial charge in [0.15, 0.2) is 0 Å². The van der Waals surface area contributed by atoms with Crippen LogP contribution in [0.3, 0.4) is 0 Å². The lowest BCUT2D eigenvalue weighted by Gasteiger charge is -2.30. The fourth-order valence-electron chi connectivity index (χ4n) is 3.33. The Balaban J connectivity index is 1.71. The zero-order valence-electron chi connectivity index (χ0n) is 15.8. The molecular formula is C18H27N3O5S. The van der Waals surface area contributed by atoms with E-state index in [1.54, 1.807) is 6.07 Å². The first-order chi connectivity index (χ1) is 12.9. The highest BCUT2D eigenvalue weighted by Gasteiger charge is 2.34. The molecule has 0 aromatic heterocycles. The zero-order chi connectivity index (χ0) is 19.4. The highest BCUT2D eigenvalue weighted by atomic mass is 32.2. The summed E-state index contributed by atoms with van der Waals surface area (Å²) in [6.07, 6.45) is 0. The minimum absolute atomic E-state index is 0.0456. The van der Waals surface area contributed by atoms with Crippen LogP contribution >= 0.6 is 0 Å². The van der Waals surface area contributed by atoms with Gasteiger partial charge >= 0.3 is 0 Å². The maximum Gasteiger partial charge on any atom is 0.253 e. The van der Waals surface area contributed by atoms with Crippen LogP contribution in [-0.2, 0) is 19.5 Å². The molecule has 0 aliphatic carbocycles. The second-order valence-electron chi connectivity index (χ2n) is 7.06. The average molecular weight is 397 g/mol. The van der Waals surface area contributed by atoms with Crippen molar-refractivity contribution in [2.75, 3.05) is 64.3 Å². The maximum atomic E-state index is 12.9. The third-order valence-electron chi connectivity index (χ3n) is 5.00. The first kappa shape index (κ1) is 20.1. The van der Waals surface area contributed by atoms with Crippen LogP contribution in [0.2, 0.25) is 0 Å². The number of hydrogen-bond donors (Lipinski definition) is 1. The lowest BCUT2D eigenvalue weighted by molar-refractivity contribution is 0.0924. The van der Waals surface area contributed by atoms with Gasteiger partial charge in [-0.1, -0.05) is 12.1 Å². The number of benzene rings is 1. The normalized spacial score (nSPS) is 23.6. The molecule has 3 rings (SSSR count). The van der Waals surface area contributed by atoms with Gasteiger partial charge in [-0.3, -0.25) is 4.79 Å². The van der Waals surface area contributed by atoms with Crippen molar-refractivity contribution < 1.29 is 22.7 Å². The fourth-order valence-corrected chi connectivity index (χ4v) is 4.50. The smallest absolute Gasteiger partial charge is 0.253 e. The topological polar surface area (TPSA) is 88.2 Å². The lowest BCUT2D eigenvalue weighted by atomic mass is 10.0. The first-order valence-corrected chi connectivity index (χ1v) is 10.7. The summed E-state index contributed by atoms with van der Waals surface area (Å²) < 4.78 is 36.4. The largest absolute Gasteiger partial charge is 0.379 e. The highest BCUT2D eigenvalue weighted by molar-refractivity contribution is 7.89. The number of nitrogens with one attached hydrogen (secondary N) is 1. The number of morpholine rings is 1. The minimum Gasteiger partial charge on any atom is -0.379 e. The molecule has 2 aliphatic heterocycles. The average Bonchev–Trinajstić information content (AvgIpc) is 3.08. The summed E-state index contributed by atoms with van der Waals surface area (Å²) >= 11 is 0. The third-order valence-corrected chi connectivity index (χ3v) is 6.96. The fraction of sp³-hybridized carbons (Fsp3) is 0.611. The predicted octanol–water partition coefficient (Wildman–Crippen LogP) is 0.159. The van der Waals surface area contributed by atoms with Gasteiger partial charge in [0.1, 0.15) is 0 Å². The van der Waals surface area contributed by atoms with Crippen molar-refractivity contribution in [3.8, 4) is 0 Å². The van der Waals surface area contributed by atoms with Crippen LogP contribution in [0.15, 0.2) is 24.3 Å². The number of anilines is 1. The Morgan fingerprint density at radius 1 is 1.19 bits per heavy atom. The summed E-state index contributed by atoms with van der Waals surface area (Å²) in [5.74, 6) is -0.521. The van der Waals surface area contributed by atoms with E-state index in [4.69, 9.17) is 9.47 Å². The van der Waals surface area contributed by atoms with Crippen LogP contribution in [-0.4, -0.2) is 84.0 Å². The van der Waals surface area contributed by atoms with E-state index >= 15 is 0 Å². The van der Waals surface area contributed by atoms with Crippen LogP contribution < -0.4 is 10.2 Å². The Morgan fingerprint density at radius 3 is 2.59 bits per heavy atom. The summed E-state index contributed by atoms with van der Waals surface area (Å²) in [5, 5.41) is 2.98. The SMILES string of the molecule is CN(C)S(=O)(=O)C[C@@H]1COC[C@H]1NC(=O)c1ccccc1N1CCOCC1. The standard InChI is InChI=1S/C18H27N3O5S/c1-20(2)27(23,24)13-14-11-26-12-16(14)19-18(22)15-5-3-4-6-17(15)21-7-9-25-10-8-21/h3-6,14,16H,7-13H2,1-2H3,(H,19,22)/t14-,16+/m0/s1. The molecule has 1 aromatic carbocycles. The van der Waals surface area contributed by atoms with E-state index in [1.165, 1.54) is 18.4 Å². The van der Waals surface area contributed by atoms with Crippen molar-refractivity contribution in [2.45, 2.75) is 6.04 Å². The second kappa shape index (κ2) is 8.55. The number of sulfonamides is 1. The van der Waals surface area contributed by atoms with Crippen LogP contribution in [0.1, 0.15) is 10.4 Å². The molecule has 0 saturated carbocycles. The van der Waals surface area contributed by atoms with Crippen molar-refractivity contribution >= 4 is 21.6 Å². The van der Waals surface area contributed by atoms with E-state index in [0.29, 0.717) is 32.0 Å². The Morgan fingerprint density at radius 2 is 1.89 bits per heavy atom. The lowest BCUT2D eigenvalue weighted by Crippen LogP contribution is -2.44. The van der Waals surface area contributed by atoms with E-state index in [9.17, 15) is 13.2 Å². The van der Waals surface area contributed by atoms with Crippen molar-refractivity contribution in [3.05, 3.63) is 29.8 Å². The van der Waals surface area contributed by atoms with E-state index < -0.39 is 10.0 Å². The molecule has 0 unspecified atom stereocenters. The van der Waals surface area contributed by atoms with Gasteiger partial charge in [0, 0.05) is 38.8 Å². The van der Waals surface area contributed by atoms with Crippen LogP contribution in [0.4, 0.5) is 5.69 Å². The van der Waals surface area contributed by atoms with Gasteiger partial charge in [-0.2, -0.15) is 0 Å². The molecule has 1 aromatic rings. The van der Waals surface area contributed by atoms with Gasteiger partial charge in [-0.05, 0) is 12.1 Å². The van der Waals surface area contributed by atoms with E-state index in [1.807, 2.05) is 18.2 Å². The quantitative estimate of drug-likeness (QED) is 0.736. The van der Waals surface area contributed by atoms with Crippen LogP contribution in [0.5, 0.6) is 0 Å². The summed E-state index contributed by atoms with van der Waals surface area (Å²) in [7, 11) is -0.338. The third kappa shape index (κ3) is 4.78. The molecule has 1 N–H and O–H groups in total. The van der Waals surface area contributed by atoms with Gasteiger partial charge in [-0.15, -0.1) is 0 Å². The Hall–Kier alpha value is -1.68. The molecule has 8 nitrogen and oxygen atoms in total. The number of rotatable bonds is 6. The number of carbonyl (C=O) groups is 1. The molecule has 2 fully saturated rings. The van der Waals surface area contributed by atoms with Crippen molar-refractivity contribution in [3.63, 3.8) is 0 Å². The second-order valence-corrected chi connectivity index (χ2v) is 9.28.